The lowest BCUT2D eigenvalue weighted by Gasteiger charge is -2.31. The molecule has 166 valence electrons. The lowest BCUT2D eigenvalue weighted by Crippen LogP contribution is -2.40. The van der Waals surface area contributed by atoms with E-state index in [1.807, 2.05) is 6.07 Å². The Labute approximate surface area is 191 Å². The van der Waals surface area contributed by atoms with Gasteiger partial charge in [0.15, 0.2) is 5.75 Å². The molecule has 11 heteroatoms. The number of carbonyl (C=O) groups excluding carboxylic acids is 1. The van der Waals surface area contributed by atoms with Crippen LogP contribution in [0.3, 0.4) is 0 Å². The van der Waals surface area contributed by atoms with Crippen LogP contribution in [0.4, 0.5) is 11.5 Å². The quantitative estimate of drug-likeness (QED) is 0.276. The summed E-state index contributed by atoms with van der Waals surface area (Å²) in [6.07, 6.45) is 4.18. The van der Waals surface area contributed by atoms with E-state index in [9.17, 15) is 14.9 Å². The monoisotopic (exact) mass is 501 g/mol. The molecule has 0 saturated carbocycles. The summed E-state index contributed by atoms with van der Waals surface area (Å²) in [5, 5.41) is 12.8. The van der Waals surface area contributed by atoms with Gasteiger partial charge in [-0.05, 0) is 38.0 Å². The molecule has 0 amide bonds. The number of anilines is 1. The molecule has 32 heavy (non-hydrogen) atoms. The molecular weight excluding hydrogens is 482 g/mol. The fourth-order valence-electron chi connectivity index (χ4n) is 3.74. The van der Waals surface area contributed by atoms with Gasteiger partial charge >= 0.3 is 17.5 Å². The molecule has 0 aliphatic carbocycles. The summed E-state index contributed by atoms with van der Waals surface area (Å²) in [6, 6.07) is 7.10. The maximum atomic E-state index is 12.2. The number of aromatic nitrogens is 3. The number of fused-ring (bicyclic) bond motifs is 1. The minimum absolute atomic E-state index is 0.114. The van der Waals surface area contributed by atoms with Crippen LogP contribution >= 0.6 is 15.9 Å². The summed E-state index contributed by atoms with van der Waals surface area (Å²) in [5.74, 6) is -0.421. The average Bonchev–Trinajstić information content (AvgIpc) is 2.81. The Bertz CT molecular complexity index is 1170. The Balaban J connectivity index is 1.70. The Kier molecular flexibility index (Phi) is 6.45. The van der Waals surface area contributed by atoms with E-state index in [1.165, 1.54) is 6.33 Å². The summed E-state index contributed by atoms with van der Waals surface area (Å²) in [4.78, 5) is 37.9. The number of carbonyl (C=O) groups is 1. The molecule has 1 atom stereocenters. The van der Waals surface area contributed by atoms with Crippen molar-refractivity contribution in [1.29, 1.82) is 0 Å². The molecule has 10 nitrogen and oxygen atoms in total. The molecule has 0 radical (unpaired) electrons. The predicted molar refractivity (Wildman–Crippen MR) is 120 cm³/mol. The summed E-state index contributed by atoms with van der Waals surface area (Å²) in [6.45, 7) is 2.84. The second kappa shape index (κ2) is 9.43. The first-order valence-electron chi connectivity index (χ1n) is 10.1. The van der Waals surface area contributed by atoms with Crippen molar-refractivity contribution in [3.8, 4) is 11.6 Å². The van der Waals surface area contributed by atoms with Crippen LogP contribution in [-0.2, 0) is 9.53 Å². The number of piperidine rings is 1. The normalized spacial score (nSPS) is 16.1. The zero-order chi connectivity index (χ0) is 22.7. The van der Waals surface area contributed by atoms with Gasteiger partial charge in [0.1, 0.15) is 11.8 Å². The highest BCUT2D eigenvalue weighted by Gasteiger charge is 2.34. The van der Waals surface area contributed by atoms with Crippen LogP contribution < -0.4 is 9.64 Å². The van der Waals surface area contributed by atoms with Gasteiger partial charge in [-0.3, -0.25) is 19.9 Å². The number of halogens is 1. The van der Waals surface area contributed by atoms with Crippen molar-refractivity contribution in [3.05, 3.63) is 51.4 Å². The van der Waals surface area contributed by atoms with Gasteiger partial charge in [0, 0.05) is 29.1 Å². The first kappa shape index (κ1) is 21.9. The molecule has 1 aromatic carbocycles. The van der Waals surface area contributed by atoms with Gasteiger partial charge in [0.25, 0.3) is 0 Å². The Hall–Kier alpha value is -3.34. The van der Waals surface area contributed by atoms with Crippen LogP contribution in [0.1, 0.15) is 19.8 Å². The van der Waals surface area contributed by atoms with Gasteiger partial charge < -0.3 is 14.4 Å². The number of pyridine rings is 1. The average molecular weight is 502 g/mol. The van der Waals surface area contributed by atoms with Gasteiger partial charge in [-0.25, -0.2) is 4.98 Å². The number of rotatable bonds is 6. The van der Waals surface area contributed by atoms with Gasteiger partial charge in [-0.1, -0.05) is 22.0 Å². The van der Waals surface area contributed by atoms with E-state index in [1.54, 1.807) is 36.2 Å². The molecule has 0 N–H and O–H groups in total. The smallest absolute Gasteiger partial charge is 0.373 e. The predicted octanol–water partition coefficient (Wildman–Crippen LogP) is 4.27. The number of benzene rings is 1. The van der Waals surface area contributed by atoms with E-state index in [2.05, 4.69) is 30.9 Å². The zero-order valence-corrected chi connectivity index (χ0v) is 18.8. The van der Waals surface area contributed by atoms with Crippen LogP contribution in [0.15, 0.2) is 41.3 Å². The van der Waals surface area contributed by atoms with Gasteiger partial charge in [-0.15, -0.1) is 0 Å². The number of esters is 1. The van der Waals surface area contributed by atoms with Crippen molar-refractivity contribution in [2.75, 3.05) is 24.6 Å². The zero-order valence-electron chi connectivity index (χ0n) is 17.2. The minimum Gasteiger partial charge on any atom is -0.466 e. The van der Waals surface area contributed by atoms with Crippen molar-refractivity contribution in [1.82, 2.24) is 15.0 Å². The lowest BCUT2D eigenvalue weighted by atomic mass is 9.98. The van der Waals surface area contributed by atoms with E-state index in [0.29, 0.717) is 30.7 Å². The molecule has 0 spiro atoms. The second-order valence-electron chi connectivity index (χ2n) is 7.19. The summed E-state index contributed by atoms with van der Waals surface area (Å²) < 4.78 is 11.8. The fourth-order valence-corrected chi connectivity index (χ4v) is 4.19. The summed E-state index contributed by atoms with van der Waals surface area (Å²) >= 11 is 3.47. The second-order valence-corrected chi connectivity index (χ2v) is 8.05. The van der Waals surface area contributed by atoms with Crippen LogP contribution in [0.2, 0.25) is 0 Å². The molecule has 1 fully saturated rings. The standard InChI is InChI=1S/C21H20BrN5O5/c1-2-31-21(28)13-5-4-10-26(11-13)19-18(27(29)30)20(25-12-24-19)32-16-8-7-15(22)14-6-3-9-23-17(14)16/h3,6-9,12-13H,2,4-5,10-11H2,1H3. The van der Waals surface area contributed by atoms with E-state index >= 15 is 0 Å². The molecule has 2 aromatic heterocycles. The minimum atomic E-state index is -0.562. The van der Waals surface area contributed by atoms with Crippen molar-refractivity contribution < 1.29 is 19.2 Å². The molecule has 1 aliphatic rings. The van der Waals surface area contributed by atoms with Crippen LogP contribution in [0, 0.1) is 16.0 Å². The topological polar surface area (TPSA) is 121 Å². The number of hydrogen-bond acceptors (Lipinski definition) is 9. The first-order valence-corrected chi connectivity index (χ1v) is 10.9. The Morgan fingerprint density at radius 2 is 2.16 bits per heavy atom. The molecule has 1 saturated heterocycles. The van der Waals surface area contributed by atoms with E-state index < -0.39 is 4.92 Å². The van der Waals surface area contributed by atoms with Crippen molar-refractivity contribution in [2.45, 2.75) is 19.8 Å². The third kappa shape index (κ3) is 4.33. The van der Waals surface area contributed by atoms with Crippen LogP contribution in [-0.4, -0.2) is 45.5 Å². The van der Waals surface area contributed by atoms with E-state index in [-0.39, 0.29) is 42.4 Å². The molecule has 1 aliphatic heterocycles. The summed E-state index contributed by atoms with van der Waals surface area (Å²) in [5.41, 5.74) is 0.181. The van der Waals surface area contributed by atoms with Crippen molar-refractivity contribution in [2.24, 2.45) is 5.92 Å². The van der Waals surface area contributed by atoms with E-state index in [0.717, 1.165) is 9.86 Å². The van der Waals surface area contributed by atoms with Crippen molar-refractivity contribution >= 4 is 44.3 Å². The van der Waals surface area contributed by atoms with Crippen LogP contribution in [0.5, 0.6) is 11.6 Å². The van der Waals surface area contributed by atoms with Gasteiger partial charge in [0.2, 0.25) is 5.82 Å². The molecule has 1 unspecified atom stereocenters. The highest BCUT2D eigenvalue weighted by Crippen LogP contribution is 2.39. The first-order chi connectivity index (χ1) is 15.5. The Morgan fingerprint density at radius 1 is 1.31 bits per heavy atom. The summed E-state index contributed by atoms with van der Waals surface area (Å²) in [7, 11) is 0. The Morgan fingerprint density at radius 3 is 2.94 bits per heavy atom. The molecular formula is C21H20BrN5O5. The van der Waals surface area contributed by atoms with Crippen molar-refractivity contribution in [3.63, 3.8) is 0 Å². The largest absolute Gasteiger partial charge is 0.466 e. The molecule has 4 rings (SSSR count). The molecule has 0 bridgehead atoms. The lowest BCUT2D eigenvalue weighted by molar-refractivity contribution is -0.385. The maximum absolute atomic E-state index is 12.2. The molecule has 3 aromatic rings. The van der Waals surface area contributed by atoms with Crippen LogP contribution in [0.25, 0.3) is 10.9 Å². The number of hydrogen-bond donors (Lipinski definition) is 0. The number of ether oxygens (including phenoxy) is 2. The van der Waals surface area contributed by atoms with Gasteiger partial charge in [0.05, 0.1) is 17.4 Å². The highest BCUT2D eigenvalue weighted by molar-refractivity contribution is 9.10. The fraction of sp³-hybridized carbons (Fsp3) is 0.333. The number of nitro groups is 1. The van der Waals surface area contributed by atoms with E-state index in [4.69, 9.17) is 9.47 Å². The maximum Gasteiger partial charge on any atom is 0.373 e. The third-order valence-electron chi connectivity index (χ3n) is 5.18. The third-order valence-corrected chi connectivity index (χ3v) is 5.87. The van der Waals surface area contributed by atoms with Gasteiger partial charge in [-0.2, -0.15) is 4.98 Å². The SMILES string of the molecule is CCOC(=O)C1CCCN(c2ncnc(Oc3ccc(Br)c4cccnc34)c2[N+](=O)[O-])C1. The molecule has 3 heterocycles. The number of nitrogens with zero attached hydrogens (tertiary/aromatic N) is 5. The highest BCUT2D eigenvalue weighted by atomic mass is 79.9.